The largest absolute Gasteiger partial charge is 0.457 e. The van der Waals surface area contributed by atoms with Gasteiger partial charge in [0.2, 0.25) is 13.6 Å². The zero-order chi connectivity index (χ0) is 19.0. The zero-order valence-corrected chi connectivity index (χ0v) is 15.1. The van der Waals surface area contributed by atoms with E-state index in [1.54, 1.807) is 12.1 Å². The average Bonchev–Trinajstić information content (AvgIpc) is 2.64. The fourth-order valence-electron chi connectivity index (χ4n) is 1.65. The predicted octanol–water partition coefficient (Wildman–Crippen LogP) is 3.95. The topological polar surface area (TPSA) is 71.1 Å². The summed E-state index contributed by atoms with van der Waals surface area (Å²) in [6.45, 7) is 3.23. The highest BCUT2D eigenvalue weighted by Crippen LogP contribution is 2.08. The van der Waals surface area contributed by atoms with Crippen molar-refractivity contribution in [2.45, 2.75) is 26.7 Å². The minimum atomic E-state index is -0.342. The lowest BCUT2D eigenvalue weighted by Crippen LogP contribution is -2.09. The van der Waals surface area contributed by atoms with Crippen LogP contribution in [0.3, 0.4) is 0 Å². The van der Waals surface area contributed by atoms with Crippen molar-refractivity contribution in [2.75, 3.05) is 13.6 Å². The Kier molecular flexibility index (Phi) is 10.7. The van der Waals surface area contributed by atoms with Crippen molar-refractivity contribution in [3.05, 3.63) is 60.7 Å². The van der Waals surface area contributed by atoms with Gasteiger partial charge in [0.15, 0.2) is 0 Å². The van der Waals surface area contributed by atoms with Crippen molar-refractivity contribution in [3.63, 3.8) is 0 Å². The van der Waals surface area contributed by atoms with Gasteiger partial charge < -0.3 is 18.9 Å². The van der Waals surface area contributed by atoms with Crippen LogP contribution in [0.2, 0.25) is 0 Å². The maximum absolute atomic E-state index is 10.9. The van der Waals surface area contributed by atoms with Gasteiger partial charge in [-0.3, -0.25) is 9.59 Å². The Balaban J connectivity index is 0.000000263. The number of carbonyl (C=O) groups excluding carboxylic acids is 2. The van der Waals surface area contributed by atoms with Crippen LogP contribution in [0, 0.1) is 0 Å². The fraction of sp³-hybridized carbons (Fsp3) is 0.300. The third-order valence-corrected chi connectivity index (χ3v) is 2.87. The molecule has 140 valence electrons. The molecule has 0 fully saturated rings. The minimum absolute atomic E-state index is 0.0111. The summed E-state index contributed by atoms with van der Waals surface area (Å²) in [6, 6.07) is 18.4. The van der Waals surface area contributed by atoms with Crippen molar-refractivity contribution >= 4 is 11.9 Å². The Morgan fingerprint density at radius 1 is 0.769 bits per heavy atom. The van der Waals surface area contributed by atoms with E-state index in [4.69, 9.17) is 14.2 Å². The molecule has 0 saturated carbocycles. The Labute approximate surface area is 153 Å². The first kappa shape index (κ1) is 21.0. The average molecular weight is 360 g/mol. The number of rotatable bonds is 8. The Bertz CT molecular complexity index is 627. The van der Waals surface area contributed by atoms with Crippen LogP contribution in [0.25, 0.3) is 0 Å². The van der Waals surface area contributed by atoms with Crippen molar-refractivity contribution in [2.24, 2.45) is 0 Å². The van der Waals surface area contributed by atoms with Crippen LogP contribution in [-0.2, 0) is 19.1 Å². The van der Waals surface area contributed by atoms with Crippen LogP contribution in [0.15, 0.2) is 60.7 Å². The van der Waals surface area contributed by atoms with Crippen molar-refractivity contribution < 1.29 is 28.5 Å². The van der Waals surface area contributed by atoms with Gasteiger partial charge in [0, 0.05) is 13.3 Å². The molecule has 0 unspecified atom stereocenters. The van der Waals surface area contributed by atoms with E-state index in [2.05, 4.69) is 4.74 Å². The van der Waals surface area contributed by atoms with E-state index in [9.17, 15) is 9.59 Å². The molecule has 26 heavy (non-hydrogen) atoms. The van der Waals surface area contributed by atoms with Gasteiger partial charge >= 0.3 is 11.9 Å². The molecule has 2 rings (SSSR count). The third-order valence-electron chi connectivity index (χ3n) is 2.87. The molecule has 0 spiro atoms. The van der Waals surface area contributed by atoms with Gasteiger partial charge in [0.1, 0.15) is 11.5 Å². The lowest BCUT2D eigenvalue weighted by atomic mass is 10.3. The van der Waals surface area contributed by atoms with Crippen LogP contribution in [-0.4, -0.2) is 25.5 Å². The van der Waals surface area contributed by atoms with Crippen molar-refractivity contribution in [3.8, 4) is 11.5 Å². The summed E-state index contributed by atoms with van der Waals surface area (Å²) in [5, 5.41) is 0. The second kappa shape index (κ2) is 13.3. The molecule has 0 saturated heterocycles. The number of hydrogen-bond donors (Lipinski definition) is 0. The molecule has 0 aliphatic heterocycles. The van der Waals surface area contributed by atoms with Crippen molar-refractivity contribution in [1.29, 1.82) is 0 Å². The normalized spacial score (nSPS) is 9.31. The Morgan fingerprint density at radius 3 is 1.65 bits per heavy atom. The summed E-state index contributed by atoms with van der Waals surface area (Å²) < 4.78 is 19.7. The fourth-order valence-corrected chi connectivity index (χ4v) is 1.65. The van der Waals surface area contributed by atoms with Gasteiger partial charge in [-0.2, -0.15) is 0 Å². The summed E-state index contributed by atoms with van der Waals surface area (Å²) in [7, 11) is 0. The molecule has 6 heteroatoms. The van der Waals surface area contributed by atoms with E-state index in [0.29, 0.717) is 17.9 Å². The highest BCUT2D eigenvalue weighted by Gasteiger charge is 2.00. The molecular weight excluding hydrogens is 336 g/mol. The second-order valence-corrected chi connectivity index (χ2v) is 5.05. The van der Waals surface area contributed by atoms with E-state index in [0.717, 1.165) is 6.42 Å². The van der Waals surface area contributed by atoms with E-state index in [1.165, 1.54) is 6.92 Å². The highest BCUT2D eigenvalue weighted by molar-refractivity contribution is 5.69. The first-order valence-corrected chi connectivity index (χ1v) is 8.26. The molecule has 2 aromatic carbocycles. The van der Waals surface area contributed by atoms with Gasteiger partial charge in [0.05, 0.1) is 0 Å². The highest BCUT2D eigenvalue weighted by atomic mass is 16.7. The smallest absolute Gasteiger partial charge is 0.308 e. The molecule has 0 aliphatic rings. The molecule has 0 aromatic heterocycles. The second-order valence-electron chi connectivity index (χ2n) is 5.05. The maximum Gasteiger partial charge on any atom is 0.308 e. The van der Waals surface area contributed by atoms with Crippen LogP contribution < -0.4 is 9.47 Å². The Hall–Kier alpha value is -3.02. The van der Waals surface area contributed by atoms with E-state index < -0.39 is 0 Å². The summed E-state index contributed by atoms with van der Waals surface area (Å²) in [5.74, 6) is 0.838. The third kappa shape index (κ3) is 10.7. The molecule has 0 N–H and O–H groups in total. The van der Waals surface area contributed by atoms with Gasteiger partial charge in [0.25, 0.3) is 0 Å². The standard InChI is InChI=1S/C11H14O3.C9H10O3/c1-2-6-11(12)14-9-13-10-7-4-3-5-8-10;1-8(10)11-7-12-9-5-3-2-4-6-9/h3-5,7-8H,2,6,9H2,1H3;2-6H,7H2,1H3. The van der Waals surface area contributed by atoms with Crippen LogP contribution in [0.1, 0.15) is 26.7 Å². The lowest BCUT2D eigenvalue weighted by Gasteiger charge is -2.06. The number of benzene rings is 2. The molecule has 0 bridgehead atoms. The first-order valence-electron chi connectivity index (χ1n) is 8.26. The van der Waals surface area contributed by atoms with Gasteiger partial charge in [-0.15, -0.1) is 0 Å². The quantitative estimate of drug-likeness (QED) is 0.524. The molecule has 0 amide bonds. The predicted molar refractivity (Wildman–Crippen MR) is 96.6 cm³/mol. The summed E-state index contributed by atoms with van der Waals surface area (Å²) >= 11 is 0. The van der Waals surface area contributed by atoms with E-state index in [-0.39, 0.29) is 25.5 Å². The van der Waals surface area contributed by atoms with E-state index in [1.807, 2.05) is 55.5 Å². The number of ether oxygens (including phenoxy) is 4. The number of esters is 2. The van der Waals surface area contributed by atoms with Crippen LogP contribution in [0.4, 0.5) is 0 Å². The molecule has 0 heterocycles. The minimum Gasteiger partial charge on any atom is -0.457 e. The summed E-state index contributed by atoms with van der Waals surface area (Å²) in [4.78, 5) is 21.3. The summed E-state index contributed by atoms with van der Waals surface area (Å²) in [5.41, 5.74) is 0. The van der Waals surface area contributed by atoms with Crippen LogP contribution >= 0.6 is 0 Å². The van der Waals surface area contributed by atoms with Crippen LogP contribution in [0.5, 0.6) is 11.5 Å². The maximum atomic E-state index is 10.9. The zero-order valence-electron chi connectivity index (χ0n) is 15.1. The SMILES string of the molecule is CC(=O)OCOc1ccccc1.CCCC(=O)OCOc1ccccc1. The van der Waals surface area contributed by atoms with Crippen molar-refractivity contribution in [1.82, 2.24) is 0 Å². The first-order chi connectivity index (χ1) is 12.6. The van der Waals surface area contributed by atoms with E-state index >= 15 is 0 Å². The summed E-state index contributed by atoms with van der Waals surface area (Å²) in [6.07, 6.45) is 1.24. The lowest BCUT2D eigenvalue weighted by molar-refractivity contribution is -0.150. The molecule has 0 aliphatic carbocycles. The van der Waals surface area contributed by atoms with Gasteiger partial charge in [-0.25, -0.2) is 0 Å². The van der Waals surface area contributed by atoms with Gasteiger partial charge in [-0.05, 0) is 30.7 Å². The molecule has 2 aromatic rings. The number of hydrogen-bond acceptors (Lipinski definition) is 6. The molecule has 0 radical (unpaired) electrons. The molecule has 6 nitrogen and oxygen atoms in total. The molecule has 0 atom stereocenters. The van der Waals surface area contributed by atoms with Gasteiger partial charge in [-0.1, -0.05) is 43.3 Å². The Morgan fingerprint density at radius 2 is 1.23 bits per heavy atom. The number of para-hydroxylation sites is 2. The molecular formula is C20H24O6. The number of carbonyl (C=O) groups is 2. The monoisotopic (exact) mass is 360 g/mol.